The molecule has 0 aliphatic carbocycles. The van der Waals surface area contributed by atoms with E-state index in [2.05, 4.69) is 38.2 Å². The molecule has 0 atom stereocenters. The van der Waals surface area contributed by atoms with Crippen LogP contribution in [0.5, 0.6) is 0 Å². The molecule has 2 rings (SSSR count). The minimum absolute atomic E-state index is 0.113. The summed E-state index contributed by atoms with van der Waals surface area (Å²) in [6, 6.07) is 9.40. The van der Waals surface area contributed by atoms with Crippen LogP contribution in [0.3, 0.4) is 0 Å². The van der Waals surface area contributed by atoms with Crippen molar-refractivity contribution in [1.82, 2.24) is 0 Å². The van der Waals surface area contributed by atoms with Gasteiger partial charge in [-0.1, -0.05) is 18.2 Å². The lowest BCUT2D eigenvalue weighted by Crippen LogP contribution is -2.05. The Balaban J connectivity index is 2.26. The van der Waals surface area contributed by atoms with Gasteiger partial charge in [0.05, 0.1) is 4.92 Å². The number of anilines is 1. The van der Waals surface area contributed by atoms with Crippen molar-refractivity contribution < 1.29 is 4.92 Å². The van der Waals surface area contributed by atoms with E-state index in [0.717, 1.165) is 11.1 Å². The lowest BCUT2D eigenvalue weighted by Gasteiger charge is -2.12. The number of nitro benzene ring substituents is 1. The zero-order valence-electron chi connectivity index (χ0n) is 12.9. The third kappa shape index (κ3) is 3.40. The van der Waals surface area contributed by atoms with Gasteiger partial charge in [0, 0.05) is 12.6 Å². The highest BCUT2D eigenvalue weighted by molar-refractivity contribution is 5.63. The summed E-state index contributed by atoms with van der Waals surface area (Å²) in [4.78, 5) is 10.7. The van der Waals surface area contributed by atoms with Gasteiger partial charge in [-0.2, -0.15) is 0 Å². The van der Waals surface area contributed by atoms with Gasteiger partial charge in [-0.3, -0.25) is 10.1 Å². The lowest BCUT2D eigenvalue weighted by molar-refractivity contribution is -0.384. The molecular weight excluding hydrogens is 264 g/mol. The average Bonchev–Trinajstić information content (AvgIpc) is 2.41. The first-order chi connectivity index (χ1) is 9.88. The van der Waals surface area contributed by atoms with E-state index >= 15 is 0 Å². The molecule has 0 fully saturated rings. The highest BCUT2D eigenvalue weighted by atomic mass is 16.6. The van der Waals surface area contributed by atoms with Crippen LogP contribution < -0.4 is 5.32 Å². The second kappa shape index (κ2) is 5.95. The topological polar surface area (TPSA) is 55.2 Å². The molecule has 0 bridgehead atoms. The van der Waals surface area contributed by atoms with Gasteiger partial charge in [-0.05, 0) is 61.6 Å². The van der Waals surface area contributed by atoms with E-state index in [4.69, 9.17) is 0 Å². The van der Waals surface area contributed by atoms with E-state index in [9.17, 15) is 10.1 Å². The molecule has 110 valence electrons. The Morgan fingerprint density at radius 1 is 1.00 bits per heavy atom. The van der Waals surface area contributed by atoms with Crippen molar-refractivity contribution in [2.24, 2.45) is 0 Å². The molecule has 1 N–H and O–H groups in total. The van der Waals surface area contributed by atoms with Crippen LogP contribution in [0.15, 0.2) is 30.3 Å². The molecule has 0 aromatic heterocycles. The normalized spacial score (nSPS) is 10.5. The number of hydrogen-bond donors (Lipinski definition) is 1. The Morgan fingerprint density at radius 2 is 1.67 bits per heavy atom. The Hall–Kier alpha value is -2.36. The maximum Gasteiger partial charge on any atom is 0.292 e. The van der Waals surface area contributed by atoms with Gasteiger partial charge in [-0.15, -0.1) is 0 Å². The number of aryl methyl sites for hydroxylation is 4. The number of hydrogen-bond acceptors (Lipinski definition) is 3. The molecule has 0 aliphatic heterocycles. The van der Waals surface area contributed by atoms with Crippen molar-refractivity contribution in [2.45, 2.75) is 34.2 Å². The van der Waals surface area contributed by atoms with Crippen molar-refractivity contribution in [2.75, 3.05) is 5.32 Å². The highest BCUT2D eigenvalue weighted by Gasteiger charge is 2.13. The fourth-order valence-corrected chi connectivity index (χ4v) is 2.35. The van der Waals surface area contributed by atoms with Crippen LogP contribution in [-0.4, -0.2) is 4.92 Å². The van der Waals surface area contributed by atoms with Gasteiger partial charge < -0.3 is 5.32 Å². The molecule has 0 unspecified atom stereocenters. The van der Waals surface area contributed by atoms with Gasteiger partial charge >= 0.3 is 0 Å². The van der Waals surface area contributed by atoms with Crippen LogP contribution in [0.2, 0.25) is 0 Å². The van der Waals surface area contributed by atoms with E-state index in [1.165, 1.54) is 16.7 Å². The first-order valence-electron chi connectivity index (χ1n) is 6.94. The van der Waals surface area contributed by atoms with Crippen LogP contribution in [0, 0.1) is 37.8 Å². The molecule has 0 amide bonds. The highest BCUT2D eigenvalue weighted by Crippen LogP contribution is 2.26. The van der Waals surface area contributed by atoms with Gasteiger partial charge in [0.1, 0.15) is 5.69 Å². The SMILES string of the molecule is Cc1ccc([N+](=O)[O-])c(NCc2cc(C)c(C)cc2C)c1. The van der Waals surface area contributed by atoms with E-state index < -0.39 is 0 Å². The number of benzene rings is 2. The molecule has 4 heteroatoms. The molecule has 0 aliphatic rings. The standard InChI is InChI=1S/C17H20N2O2/c1-11-5-6-17(19(20)21)16(7-11)18-10-15-9-13(3)12(2)8-14(15)4/h5-9,18H,10H2,1-4H3. The number of nitro groups is 1. The largest absolute Gasteiger partial charge is 0.375 e. The first-order valence-corrected chi connectivity index (χ1v) is 6.94. The monoisotopic (exact) mass is 284 g/mol. The molecule has 0 spiro atoms. The van der Waals surface area contributed by atoms with Crippen molar-refractivity contribution >= 4 is 11.4 Å². The van der Waals surface area contributed by atoms with Gasteiger partial charge in [0.2, 0.25) is 0 Å². The Labute approximate surface area is 125 Å². The third-order valence-corrected chi connectivity index (χ3v) is 3.77. The summed E-state index contributed by atoms with van der Waals surface area (Å²) in [6.07, 6.45) is 0. The predicted octanol–water partition coefficient (Wildman–Crippen LogP) is 4.44. The van der Waals surface area contributed by atoms with Gasteiger partial charge in [0.25, 0.3) is 5.69 Å². The van der Waals surface area contributed by atoms with Crippen LogP contribution >= 0.6 is 0 Å². The van der Waals surface area contributed by atoms with Crippen molar-refractivity contribution in [3.05, 3.63) is 68.3 Å². The fourth-order valence-electron chi connectivity index (χ4n) is 2.35. The smallest absolute Gasteiger partial charge is 0.292 e. The number of rotatable bonds is 4. The summed E-state index contributed by atoms with van der Waals surface area (Å²) in [5.74, 6) is 0. The number of nitrogens with zero attached hydrogens (tertiary/aromatic N) is 1. The minimum Gasteiger partial charge on any atom is -0.375 e. The maximum absolute atomic E-state index is 11.1. The van der Waals surface area contributed by atoms with Crippen LogP contribution in [0.1, 0.15) is 27.8 Å². The average molecular weight is 284 g/mol. The molecule has 4 nitrogen and oxygen atoms in total. The molecule has 2 aromatic rings. The zero-order chi connectivity index (χ0) is 15.6. The molecule has 0 saturated heterocycles. The van der Waals surface area contributed by atoms with Crippen LogP contribution in [0.25, 0.3) is 0 Å². The van der Waals surface area contributed by atoms with Crippen molar-refractivity contribution in [3.8, 4) is 0 Å². The molecule has 0 heterocycles. The van der Waals surface area contributed by atoms with Crippen molar-refractivity contribution in [1.29, 1.82) is 0 Å². The summed E-state index contributed by atoms with van der Waals surface area (Å²) in [7, 11) is 0. The number of nitrogens with one attached hydrogen (secondary N) is 1. The summed E-state index contributed by atoms with van der Waals surface area (Å²) < 4.78 is 0. The van der Waals surface area contributed by atoms with Gasteiger partial charge in [-0.25, -0.2) is 0 Å². The second-order valence-electron chi connectivity index (χ2n) is 5.49. The second-order valence-corrected chi connectivity index (χ2v) is 5.49. The molecule has 2 aromatic carbocycles. The van der Waals surface area contributed by atoms with E-state index in [1.807, 2.05) is 13.0 Å². The molecular formula is C17H20N2O2. The van der Waals surface area contributed by atoms with E-state index in [0.29, 0.717) is 12.2 Å². The Kier molecular flexibility index (Phi) is 4.26. The summed E-state index contributed by atoms with van der Waals surface area (Å²) in [5, 5.41) is 14.3. The fraction of sp³-hybridized carbons (Fsp3) is 0.294. The Bertz CT molecular complexity index is 693. The minimum atomic E-state index is -0.352. The Morgan fingerprint density at radius 3 is 2.33 bits per heavy atom. The van der Waals surface area contributed by atoms with Gasteiger partial charge in [0.15, 0.2) is 0 Å². The van der Waals surface area contributed by atoms with E-state index in [1.54, 1.807) is 12.1 Å². The molecule has 21 heavy (non-hydrogen) atoms. The first kappa shape index (κ1) is 15.0. The van der Waals surface area contributed by atoms with Crippen molar-refractivity contribution in [3.63, 3.8) is 0 Å². The lowest BCUT2D eigenvalue weighted by atomic mass is 10.0. The molecule has 0 radical (unpaired) electrons. The van der Waals surface area contributed by atoms with Crippen LogP contribution in [0.4, 0.5) is 11.4 Å². The summed E-state index contributed by atoms with van der Waals surface area (Å²) in [5.41, 5.74) is 6.53. The zero-order valence-corrected chi connectivity index (χ0v) is 12.9. The third-order valence-electron chi connectivity index (χ3n) is 3.77. The van der Waals surface area contributed by atoms with Crippen LogP contribution in [-0.2, 0) is 6.54 Å². The predicted molar refractivity (Wildman–Crippen MR) is 85.8 cm³/mol. The summed E-state index contributed by atoms with van der Waals surface area (Å²) in [6.45, 7) is 8.74. The summed E-state index contributed by atoms with van der Waals surface area (Å²) >= 11 is 0. The maximum atomic E-state index is 11.1. The van der Waals surface area contributed by atoms with E-state index in [-0.39, 0.29) is 10.6 Å². The quantitative estimate of drug-likeness (QED) is 0.667. The molecule has 0 saturated carbocycles.